The van der Waals surface area contributed by atoms with Gasteiger partial charge in [-0.1, -0.05) is 26.7 Å². The van der Waals surface area contributed by atoms with Gasteiger partial charge < -0.3 is 9.88 Å². The highest BCUT2D eigenvalue weighted by molar-refractivity contribution is 5.28. The lowest BCUT2D eigenvalue weighted by Crippen LogP contribution is -2.15. The van der Waals surface area contributed by atoms with E-state index in [1.54, 1.807) is 0 Å². The van der Waals surface area contributed by atoms with Gasteiger partial charge in [0.1, 0.15) is 0 Å². The number of nitrogens with zero attached hydrogens (tertiary/aromatic N) is 2. The minimum atomic E-state index is 0.757. The largest absolute Gasteiger partial charge is 0.355 e. The van der Waals surface area contributed by atoms with Crippen LogP contribution in [0.15, 0.2) is 6.20 Å². The molecule has 0 unspecified atom stereocenters. The number of aryl methyl sites for hydroxylation is 2. The summed E-state index contributed by atoms with van der Waals surface area (Å²) in [7, 11) is 0. The number of anilines is 1. The lowest BCUT2D eigenvalue weighted by Gasteiger charge is -2.14. The predicted octanol–water partition coefficient (Wildman–Crippen LogP) is 3.06. The number of imidazole rings is 1. The predicted molar refractivity (Wildman–Crippen MR) is 65.2 cm³/mol. The van der Waals surface area contributed by atoms with Gasteiger partial charge in [0.05, 0.1) is 5.69 Å². The zero-order valence-electron chi connectivity index (χ0n) is 10.4. The Morgan fingerprint density at radius 3 is 2.53 bits per heavy atom. The second-order valence-electron chi connectivity index (χ2n) is 4.06. The van der Waals surface area contributed by atoms with Crippen LogP contribution in [0.25, 0.3) is 0 Å². The Morgan fingerprint density at radius 2 is 2.00 bits per heavy atom. The summed E-state index contributed by atoms with van der Waals surface area (Å²) in [6.07, 6.45) is 4.56. The van der Waals surface area contributed by atoms with Crippen LogP contribution in [0.3, 0.4) is 0 Å². The van der Waals surface area contributed by atoms with Crippen LogP contribution in [0.5, 0.6) is 0 Å². The van der Waals surface area contributed by atoms with Gasteiger partial charge in [0, 0.05) is 19.3 Å². The molecule has 3 nitrogen and oxygen atoms in total. The van der Waals surface area contributed by atoms with Crippen molar-refractivity contribution in [2.45, 2.75) is 47.1 Å². The highest BCUT2D eigenvalue weighted by Crippen LogP contribution is 2.12. The van der Waals surface area contributed by atoms with Gasteiger partial charge in [0.25, 0.3) is 0 Å². The molecule has 0 fully saturated rings. The van der Waals surface area contributed by atoms with Crippen LogP contribution >= 0.6 is 0 Å². The molecule has 0 atom stereocenters. The fourth-order valence-corrected chi connectivity index (χ4v) is 1.74. The van der Waals surface area contributed by atoms with Crippen molar-refractivity contribution in [2.75, 3.05) is 11.9 Å². The SMILES string of the molecule is CCC(CC)CNc1nc(C)cn1CC. The van der Waals surface area contributed by atoms with Crippen LogP contribution in [0.1, 0.15) is 39.3 Å². The molecule has 0 aromatic carbocycles. The molecule has 1 N–H and O–H groups in total. The van der Waals surface area contributed by atoms with E-state index in [9.17, 15) is 0 Å². The maximum atomic E-state index is 4.47. The van der Waals surface area contributed by atoms with E-state index in [0.717, 1.165) is 30.6 Å². The van der Waals surface area contributed by atoms with Crippen LogP contribution in [0, 0.1) is 12.8 Å². The Balaban J connectivity index is 2.55. The number of hydrogen-bond acceptors (Lipinski definition) is 2. The Kier molecular flexibility index (Phi) is 4.66. The summed E-state index contributed by atoms with van der Waals surface area (Å²) < 4.78 is 2.16. The average Bonchev–Trinajstić information content (AvgIpc) is 2.60. The van der Waals surface area contributed by atoms with Gasteiger partial charge in [-0.3, -0.25) is 0 Å². The zero-order chi connectivity index (χ0) is 11.3. The molecule has 0 aliphatic heterocycles. The number of hydrogen-bond donors (Lipinski definition) is 1. The third-order valence-corrected chi connectivity index (χ3v) is 2.94. The highest BCUT2D eigenvalue weighted by atomic mass is 15.2. The minimum absolute atomic E-state index is 0.757. The molecule has 1 aromatic rings. The van der Waals surface area contributed by atoms with Crippen molar-refractivity contribution in [3.8, 4) is 0 Å². The van der Waals surface area contributed by atoms with E-state index in [-0.39, 0.29) is 0 Å². The van der Waals surface area contributed by atoms with Crippen LogP contribution in [0.4, 0.5) is 5.95 Å². The smallest absolute Gasteiger partial charge is 0.203 e. The van der Waals surface area contributed by atoms with E-state index in [0.29, 0.717) is 0 Å². The molecule has 0 saturated carbocycles. The molecule has 0 amide bonds. The quantitative estimate of drug-likeness (QED) is 0.780. The van der Waals surface area contributed by atoms with Crippen LogP contribution in [0.2, 0.25) is 0 Å². The van der Waals surface area contributed by atoms with Gasteiger partial charge in [0.2, 0.25) is 5.95 Å². The molecule has 3 heteroatoms. The fourth-order valence-electron chi connectivity index (χ4n) is 1.74. The highest BCUT2D eigenvalue weighted by Gasteiger charge is 2.06. The van der Waals surface area contributed by atoms with Gasteiger partial charge in [-0.25, -0.2) is 4.98 Å². The first kappa shape index (κ1) is 12.1. The van der Waals surface area contributed by atoms with E-state index in [1.165, 1.54) is 12.8 Å². The first-order valence-corrected chi connectivity index (χ1v) is 5.98. The van der Waals surface area contributed by atoms with Gasteiger partial charge in [-0.2, -0.15) is 0 Å². The van der Waals surface area contributed by atoms with Crippen molar-refractivity contribution >= 4 is 5.95 Å². The lowest BCUT2D eigenvalue weighted by atomic mass is 10.0. The molecule has 0 radical (unpaired) electrons. The summed E-state index contributed by atoms with van der Waals surface area (Å²) in [5.41, 5.74) is 1.09. The van der Waals surface area contributed by atoms with Gasteiger partial charge in [-0.15, -0.1) is 0 Å². The maximum absolute atomic E-state index is 4.47. The Morgan fingerprint density at radius 1 is 1.33 bits per heavy atom. The van der Waals surface area contributed by atoms with E-state index < -0.39 is 0 Å². The molecular formula is C12H23N3. The third kappa shape index (κ3) is 3.26. The number of aromatic nitrogens is 2. The number of nitrogens with one attached hydrogen (secondary N) is 1. The van der Waals surface area contributed by atoms with Gasteiger partial charge >= 0.3 is 0 Å². The van der Waals surface area contributed by atoms with E-state index in [2.05, 4.69) is 41.8 Å². The monoisotopic (exact) mass is 209 g/mol. The number of rotatable bonds is 6. The molecule has 0 aliphatic carbocycles. The summed E-state index contributed by atoms with van der Waals surface area (Å²) in [4.78, 5) is 4.47. The van der Waals surface area contributed by atoms with E-state index in [4.69, 9.17) is 0 Å². The summed E-state index contributed by atoms with van der Waals surface area (Å²) >= 11 is 0. The van der Waals surface area contributed by atoms with Crippen molar-refractivity contribution in [1.82, 2.24) is 9.55 Å². The second kappa shape index (κ2) is 5.79. The van der Waals surface area contributed by atoms with Crippen molar-refractivity contribution in [3.63, 3.8) is 0 Å². The van der Waals surface area contributed by atoms with Crippen molar-refractivity contribution in [1.29, 1.82) is 0 Å². The molecule has 0 aliphatic rings. The van der Waals surface area contributed by atoms with E-state index >= 15 is 0 Å². The standard InChI is InChI=1S/C12H23N3/c1-5-11(6-2)8-13-12-14-10(4)9-15(12)7-3/h9,11H,5-8H2,1-4H3,(H,13,14). The Hall–Kier alpha value is -0.990. The molecule has 86 valence electrons. The van der Waals surface area contributed by atoms with Crippen LogP contribution < -0.4 is 5.32 Å². The summed E-state index contributed by atoms with van der Waals surface area (Å²) in [6.45, 7) is 10.7. The minimum Gasteiger partial charge on any atom is -0.355 e. The van der Waals surface area contributed by atoms with Crippen LogP contribution in [-0.2, 0) is 6.54 Å². The Bertz CT molecular complexity index is 287. The average molecular weight is 209 g/mol. The maximum Gasteiger partial charge on any atom is 0.203 e. The Labute approximate surface area is 92.9 Å². The third-order valence-electron chi connectivity index (χ3n) is 2.94. The van der Waals surface area contributed by atoms with Gasteiger partial charge in [-0.05, 0) is 19.8 Å². The lowest BCUT2D eigenvalue weighted by molar-refractivity contribution is 0.516. The second-order valence-corrected chi connectivity index (χ2v) is 4.06. The summed E-state index contributed by atoms with van der Waals surface area (Å²) in [6, 6.07) is 0. The zero-order valence-corrected chi connectivity index (χ0v) is 10.4. The first-order chi connectivity index (χ1) is 7.21. The van der Waals surface area contributed by atoms with Gasteiger partial charge in [0.15, 0.2) is 0 Å². The van der Waals surface area contributed by atoms with Crippen molar-refractivity contribution in [2.24, 2.45) is 5.92 Å². The molecule has 15 heavy (non-hydrogen) atoms. The molecule has 0 saturated heterocycles. The summed E-state index contributed by atoms with van der Waals surface area (Å²) in [5, 5.41) is 3.44. The molecule has 1 heterocycles. The summed E-state index contributed by atoms with van der Waals surface area (Å²) in [5.74, 6) is 1.77. The van der Waals surface area contributed by atoms with Crippen LogP contribution in [-0.4, -0.2) is 16.1 Å². The fraction of sp³-hybridized carbons (Fsp3) is 0.750. The first-order valence-electron chi connectivity index (χ1n) is 5.98. The van der Waals surface area contributed by atoms with Crippen molar-refractivity contribution in [3.05, 3.63) is 11.9 Å². The molecule has 0 spiro atoms. The molecule has 1 rings (SSSR count). The molecular weight excluding hydrogens is 186 g/mol. The normalized spacial score (nSPS) is 11.0. The topological polar surface area (TPSA) is 29.9 Å². The van der Waals surface area contributed by atoms with Crippen molar-refractivity contribution < 1.29 is 0 Å². The van der Waals surface area contributed by atoms with E-state index in [1.807, 2.05) is 6.92 Å². The molecule has 1 aromatic heterocycles. The molecule has 0 bridgehead atoms.